The van der Waals surface area contributed by atoms with E-state index in [1.54, 1.807) is 6.07 Å². The van der Waals surface area contributed by atoms with Crippen LogP contribution >= 0.6 is 11.8 Å². The first-order chi connectivity index (χ1) is 10.9. The zero-order valence-electron chi connectivity index (χ0n) is 13.4. The minimum Gasteiger partial charge on any atom is -0.477 e. The van der Waals surface area contributed by atoms with Crippen molar-refractivity contribution >= 4 is 28.6 Å². The summed E-state index contributed by atoms with van der Waals surface area (Å²) >= 11 is 1.89. The van der Waals surface area contributed by atoms with Crippen molar-refractivity contribution in [3.8, 4) is 0 Å². The summed E-state index contributed by atoms with van der Waals surface area (Å²) in [5.74, 6) is -0.0966. The van der Waals surface area contributed by atoms with E-state index in [-0.39, 0.29) is 10.9 Å². The Morgan fingerprint density at radius 2 is 2.17 bits per heavy atom. The predicted octanol–water partition coefficient (Wildman–Crippen LogP) is 2.79. The van der Waals surface area contributed by atoms with Gasteiger partial charge >= 0.3 is 5.97 Å². The maximum absolute atomic E-state index is 12.4. The number of carbonyl (C=O) groups is 1. The molecule has 6 heteroatoms. The molecule has 2 atom stereocenters. The molecule has 5 nitrogen and oxygen atoms in total. The Labute approximate surface area is 138 Å². The van der Waals surface area contributed by atoms with Gasteiger partial charge in [-0.3, -0.25) is 9.69 Å². The molecule has 1 saturated heterocycles. The number of benzene rings is 1. The number of carboxylic acids is 1. The van der Waals surface area contributed by atoms with E-state index in [9.17, 15) is 14.7 Å². The Balaban J connectivity index is 2.18. The summed E-state index contributed by atoms with van der Waals surface area (Å²) in [6, 6.07) is 6.26. The number of carboxylic acid groups (broad SMARTS) is 1. The highest BCUT2D eigenvalue weighted by atomic mass is 32.2. The van der Waals surface area contributed by atoms with Crippen LogP contribution in [0.15, 0.2) is 29.2 Å². The van der Waals surface area contributed by atoms with Crippen molar-refractivity contribution in [3.05, 3.63) is 45.7 Å². The highest BCUT2D eigenvalue weighted by Crippen LogP contribution is 2.40. The van der Waals surface area contributed by atoms with Gasteiger partial charge in [-0.05, 0) is 38.6 Å². The number of fused-ring (bicyclic) bond motifs is 1. The van der Waals surface area contributed by atoms with Gasteiger partial charge in [0, 0.05) is 29.9 Å². The molecular weight excluding hydrogens is 312 g/mol. The number of aromatic nitrogens is 1. The summed E-state index contributed by atoms with van der Waals surface area (Å²) in [6.07, 6.45) is 1.45. The van der Waals surface area contributed by atoms with E-state index in [2.05, 4.69) is 18.9 Å². The summed E-state index contributed by atoms with van der Waals surface area (Å²) in [5.41, 5.74) is 1.37. The van der Waals surface area contributed by atoms with Crippen molar-refractivity contribution in [2.75, 3.05) is 12.8 Å². The van der Waals surface area contributed by atoms with Crippen molar-refractivity contribution in [2.45, 2.75) is 31.8 Å². The van der Waals surface area contributed by atoms with Gasteiger partial charge in [0.2, 0.25) is 5.43 Å². The standard InChI is InChI=1S/C17H20N2O3S/c1-4-19-8-13(17(21)22)15(20)12-6-5-11(7-14(12)19)16-18(3)10(2)9-23-16/h5-8,10,16H,4,9H2,1-3H3,(H,21,22). The summed E-state index contributed by atoms with van der Waals surface area (Å²) in [4.78, 5) is 26.0. The second kappa shape index (κ2) is 6.02. The molecule has 2 aromatic rings. The van der Waals surface area contributed by atoms with E-state index in [0.717, 1.165) is 16.8 Å². The monoisotopic (exact) mass is 332 g/mol. The zero-order chi connectivity index (χ0) is 16.7. The smallest absolute Gasteiger partial charge is 0.341 e. The van der Waals surface area contributed by atoms with Crippen LogP contribution in [0.3, 0.4) is 0 Å². The van der Waals surface area contributed by atoms with Crippen LogP contribution in [0.1, 0.15) is 35.1 Å². The van der Waals surface area contributed by atoms with Crippen LogP contribution in [0.4, 0.5) is 0 Å². The maximum Gasteiger partial charge on any atom is 0.341 e. The fraction of sp³-hybridized carbons (Fsp3) is 0.412. The summed E-state index contributed by atoms with van der Waals surface area (Å²) in [7, 11) is 2.11. The molecular formula is C17H20N2O3S. The normalized spacial score (nSPS) is 21.9. The SMILES string of the molecule is CCn1cc(C(=O)O)c(=O)c2ccc(C3SCC(C)N3C)cc21. The van der Waals surface area contributed by atoms with Gasteiger partial charge in [-0.25, -0.2) is 4.79 Å². The molecule has 0 aliphatic carbocycles. The largest absolute Gasteiger partial charge is 0.477 e. The number of aromatic carboxylic acids is 1. The molecule has 0 radical (unpaired) electrons. The lowest BCUT2D eigenvalue weighted by atomic mass is 10.1. The average Bonchev–Trinajstić information content (AvgIpc) is 2.86. The van der Waals surface area contributed by atoms with Crippen LogP contribution in [0, 0.1) is 0 Å². The Morgan fingerprint density at radius 3 is 2.74 bits per heavy atom. The second-order valence-corrected chi connectivity index (χ2v) is 7.05. The zero-order valence-corrected chi connectivity index (χ0v) is 14.3. The summed E-state index contributed by atoms with van der Waals surface area (Å²) in [6.45, 7) is 4.76. The first-order valence-electron chi connectivity index (χ1n) is 7.68. The van der Waals surface area contributed by atoms with Gasteiger partial charge in [-0.2, -0.15) is 0 Å². The summed E-state index contributed by atoms with van der Waals surface area (Å²) < 4.78 is 1.84. The lowest BCUT2D eigenvalue weighted by Gasteiger charge is -2.23. The number of hydrogen-bond donors (Lipinski definition) is 1. The Morgan fingerprint density at radius 1 is 1.43 bits per heavy atom. The van der Waals surface area contributed by atoms with Crippen molar-refractivity contribution in [1.29, 1.82) is 0 Å². The van der Waals surface area contributed by atoms with Crippen LogP contribution in [0.25, 0.3) is 10.9 Å². The molecule has 1 aliphatic heterocycles. The van der Waals surface area contributed by atoms with E-state index >= 15 is 0 Å². The van der Waals surface area contributed by atoms with E-state index in [1.165, 1.54) is 6.20 Å². The van der Waals surface area contributed by atoms with E-state index in [4.69, 9.17) is 0 Å². The molecule has 0 bridgehead atoms. The molecule has 0 saturated carbocycles. The molecule has 1 fully saturated rings. The molecule has 122 valence electrons. The molecule has 2 heterocycles. The molecule has 0 amide bonds. The maximum atomic E-state index is 12.4. The number of hydrogen-bond acceptors (Lipinski definition) is 4. The van der Waals surface area contributed by atoms with Crippen molar-refractivity contribution in [2.24, 2.45) is 0 Å². The Kier molecular flexibility index (Phi) is 4.21. The third-order valence-electron chi connectivity index (χ3n) is 4.52. The van der Waals surface area contributed by atoms with Crippen LogP contribution in [0.5, 0.6) is 0 Å². The molecule has 1 aliphatic rings. The number of nitrogens with zero attached hydrogens (tertiary/aromatic N) is 2. The third-order valence-corrected chi connectivity index (χ3v) is 6.12. The summed E-state index contributed by atoms with van der Waals surface area (Å²) in [5, 5.41) is 9.95. The molecule has 1 aromatic carbocycles. The highest BCUT2D eigenvalue weighted by Gasteiger charge is 2.29. The Hall–Kier alpha value is -1.79. The topological polar surface area (TPSA) is 62.5 Å². The van der Waals surface area contributed by atoms with Crippen LogP contribution in [-0.4, -0.2) is 39.4 Å². The van der Waals surface area contributed by atoms with Gasteiger partial charge in [0.25, 0.3) is 0 Å². The fourth-order valence-electron chi connectivity index (χ4n) is 3.00. The fourth-order valence-corrected chi connectivity index (χ4v) is 4.48. The van der Waals surface area contributed by atoms with E-state index in [0.29, 0.717) is 18.0 Å². The van der Waals surface area contributed by atoms with Gasteiger partial charge in [-0.15, -0.1) is 11.8 Å². The lowest BCUT2D eigenvalue weighted by Crippen LogP contribution is -2.25. The van der Waals surface area contributed by atoms with E-state index < -0.39 is 11.4 Å². The van der Waals surface area contributed by atoms with Crippen molar-refractivity contribution < 1.29 is 9.90 Å². The molecule has 23 heavy (non-hydrogen) atoms. The first kappa shape index (κ1) is 16.1. The average molecular weight is 332 g/mol. The van der Waals surface area contributed by atoms with Crippen LogP contribution < -0.4 is 5.43 Å². The minimum atomic E-state index is -1.18. The molecule has 0 spiro atoms. The Bertz CT molecular complexity index is 830. The molecule has 1 N–H and O–H groups in total. The first-order valence-corrected chi connectivity index (χ1v) is 8.72. The second-order valence-electron chi connectivity index (χ2n) is 5.94. The van der Waals surface area contributed by atoms with Crippen molar-refractivity contribution in [1.82, 2.24) is 9.47 Å². The van der Waals surface area contributed by atoms with Gasteiger partial charge in [0.15, 0.2) is 0 Å². The van der Waals surface area contributed by atoms with Gasteiger partial charge in [-0.1, -0.05) is 6.07 Å². The van der Waals surface area contributed by atoms with Crippen molar-refractivity contribution in [3.63, 3.8) is 0 Å². The van der Waals surface area contributed by atoms with Gasteiger partial charge < -0.3 is 9.67 Å². The number of pyridine rings is 1. The molecule has 3 rings (SSSR count). The minimum absolute atomic E-state index is 0.173. The predicted molar refractivity (Wildman–Crippen MR) is 93.3 cm³/mol. The third kappa shape index (κ3) is 2.66. The van der Waals surface area contributed by atoms with Gasteiger partial charge in [0.1, 0.15) is 5.56 Å². The number of rotatable bonds is 3. The quantitative estimate of drug-likeness (QED) is 0.936. The highest BCUT2D eigenvalue weighted by molar-refractivity contribution is 7.99. The van der Waals surface area contributed by atoms with Crippen LogP contribution in [0.2, 0.25) is 0 Å². The van der Waals surface area contributed by atoms with E-state index in [1.807, 2.05) is 35.4 Å². The van der Waals surface area contributed by atoms with Crippen LogP contribution in [-0.2, 0) is 6.54 Å². The number of aryl methyl sites for hydroxylation is 1. The lowest BCUT2D eigenvalue weighted by molar-refractivity contribution is 0.0695. The molecule has 1 aromatic heterocycles. The molecule has 2 unspecified atom stereocenters. The van der Waals surface area contributed by atoms with Gasteiger partial charge in [0.05, 0.1) is 10.9 Å². The number of thioether (sulfide) groups is 1.